The van der Waals surface area contributed by atoms with Gasteiger partial charge in [0.1, 0.15) is 0 Å². The van der Waals surface area contributed by atoms with Crippen molar-refractivity contribution in [3.05, 3.63) is 52.1 Å². The average molecular weight is 513 g/mol. The number of nitrogens with zero attached hydrogens (tertiary/aromatic N) is 4. The number of phenols is 1. The van der Waals surface area contributed by atoms with Crippen molar-refractivity contribution in [1.29, 1.82) is 0 Å². The minimum atomic E-state index is -0.124. The molecule has 2 aliphatic rings. The zero-order valence-corrected chi connectivity index (χ0v) is 21.8. The molecule has 1 aliphatic heterocycles. The van der Waals surface area contributed by atoms with Gasteiger partial charge in [-0.15, -0.1) is 0 Å². The Morgan fingerprint density at radius 1 is 1.06 bits per heavy atom. The molecule has 5 rings (SSSR count). The highest BCUT2D eigenvalue weighted by Crippen LogP contribution is 2.42. The number of benzene rings is 2. The second-order valence-electron chi connectivity index (χ2n) is 10.1. The molecule has 35 heavy (non-hydrogen) atoms. The number of halogens is 2. The average Bonchev–Trinajstić information content (AvgIpc) is 2.83. The first-order chi connectivity index (χ1) is 16.7. The molecule has 1 fully saturated rings. The van der Waals surface area contributed by atoms with Gasteiger partial charge in [0.2, 0.25) is 0 Å². The summed E-state index contributed by atoms with van der Waals surface area (Å²) in [5, 5.41) is 11.3. The minimum absolute atomic E-state index is 0.0437. The normalized spacial score (nSPS) is 20.6. The topological polar surface area (TPSA) is 59.9 Å². The Kier molecular flexibility index (Phi) is 6.55. The lowest BCUT2D eigenvalue weighted by Crippen LogP contribution is -2.51. The first-order valence-electron chi connectivity index (χ1n) is 12.0. The number of amides is 2. The number of aromatic hydroxyl groups is 1. The lowest BCUT2D eigenvalue weighted by Gasteiger charge is -2.43. The first-order valence-corrected chi connectivity index (χ1v) is 12.8. The molecule has 0 unspecified atom stereocenters. The highest BCUT2D eigenvalue weighted by Gasteiger charge is 2.37. The van der Waals surface area contributed by atoms with Gasteiger partial charge < -0.3 is 14.9 Å². The zero-order valence-electron chi connectivity index (χ0n) is 20.3. The minimum Gasteiger partial charge on any atom is -0.505 e. The van der Waals surface area contributed by atoms with Crippen LogP contribution in [0.2, 0.25) is 10.0 Å². The predicted molar refractivity (Wildman–Crippen MR) is 143 cm³/mol. The molecule has 184 valence electrons. The number of pyridine rings is 1. The van der Waals surface area contributed by atoms with Crippen LogP contribution >= 0.6 is 23.2 Å². The van der Waals surface area contributed by atoms with Crippen molar-refractivity contribution in [1.82, 2.24) is 14.8 Å². The molecule has 0 radical (unpaired) electrons. The van der Waals surface area contributed by atoms with Crippen LogP contribution in [0, 0.1) is 5.92 Å². The maximum atomic E-state index is 13.5. The largest absolute Gasteiger partial charge is 0.505 e. The maximum Gasteiger partial charge on any atom is 0.324 e. The van der Waals surface area contributed by atoms with Gasteiger partial charge in [-0.3, -0.25) is 9.88 Å². The molecule has 0 bridgehead atoms. The molecule has 0 saturated heterocycles. The smallest absolute Gasteiger partial charge is 0.324 e. The van der Waals surface area contributed by atoms with E-state index in [9.17, 15) is 9.90 Å². The van der Waals surface area contributed by atoms with Crippen LogP contribution in [0.1, 0.15) is 31.2 Å². The Balaban J connectivity index is 1.58. The second kappa shape index (κ2) is 9.49. The van der Waals surface area contributed by atoms with Gasteiger partial charge in [-0.1, -0.05) is 29.3 Å². The van der Waals surface area contributed by atoms with Crippen molar-refractivity contribution < 1.29 is 9.90 Å². The van der Waals surface area contributed by atoms with Crippen LogP contribution < -0.4 is 4.90 Å². The van der Waals surface area contributed by atoms with Crippen LogP contribution in [0.4, 0.5) is 10.5 Å². The summed E-state index contributed by atoms with van der Waals surface area (Å²) in [4.78, 5) is 24.3. The van der Waals surface area contributed by atoms with Gasteiger partial charge in [0.05, 0.1) is 27.8 Å². The Labute approximate surface area is 216 Å². The van der Waals surface area contributed by atoms with Gasteiger partial charge in [-0.2, -0.15) is 0 Å². The van der Waals surface area contributed by atoms with Crippen molar-refractivity contribution in [2.75, 3.05) is 32.6 Å². The van der Waals surface area contributed by atoms with Crippen LogP contribution in [0.25, 0.3) is 22.0 Å². The molecule has 8 heteroatoms. The van der Waals surface area contributed by atoms with E-state index in [0.29, 0.717) is 12.5 Å². The number of fused-ring (bicyclic) bond motifs is 3. The van der Waals surface area contributed by atoms with Gasteiger partial charge in [-0.05, 0) is 81.1 Å². The number of phenolic OH excluding ortho intramolecular Hbond substituents is 1. The molecule has 2 heterocycles. The van der Waals surface area contributed by atoms with Gasteiger partial charge >= 0.3 is 6.03 Å². The summed E-state index contributed by atoms with van der Waals surface area (Å²) >= 11 is 12.4. The maximum absolute atomic E-state index is 13.5. The van der Waals surface area contributed by atoms with Crippen molar-refractivity contribution in [3.8, 4) is 16.9 Å². The number of rotatable bonds is 4. The standard InChI is InChI=1S/C27H30Cl2N4O2/c1-31(2)14-16-4-7-20(8-5-16)33-25-19(15-32(3)27(33)35)13-30-24-9-6-17(10-21(24)25)18-11-22(28)26(34)23(29)12-18/h6,9-13,16,20,34H,4-5,7-8,14-15H2,1-3H3. The van der Waals surface area contributed by atoms with E-state index in [2.05, 4.69) is 25.1 Å². The molecule has 0 spiro atoms. The Morgan fingerprint density at radius 2 is 1.74 bits per heavy atom. The molecule has 1 aliphatic carbocycles. The van der Waals surface area contributed by atoms with E-state index < -0.39 is 0 Å². The summed E-state index contributed by atoms with van der Waals surface area (Å²) in [5.41, 5.74) is 4.55. The van der Waals surface area contributed by atoms with Crippen LogP contribution in [-0.2, 0) is 6.54 Å². The van der Waals surface area contributed by atoms with E-state index in [-0.39, 0.29) is 27.9 Å². The van der Waals surface area contributed by atoms with Crippen molar-refractivity contribution in [3.63, 3.8) is 0 Å². The van der Waals surface area contributed by atoms with Gasteiger partial charge in [0.15, 0.2) is 5.75 Å². The molecule has 1 saturated carbocycles. The van der Waals surface area contributed by atoms with Crippen LogP contribution in [-0.4, -0.2) is 59.7 Å². The summed E-state index contributed by atoms with van der Waals surface area (Å²) in [6, 6.07) is 9.61. The zero-order chi connectivity index (χ0) is 24.9. The third-order valence-corrected chi connectivity index (χ3v) is 7.83. The van der Waals surface area contributed by atoms with Crippen LogP contribution in [0.5, 0.6) is 5.75 Å². The number of hydrogen-bond donors (Lipinski definition) is 1. The quantitative estimate of drug-likeness (QED) is 0.438. The summed E-state index contributed by atoms with van der Waals surface area (Å²) in [5.74, 6) is 0.546. The SMILES string of the molecule is CN(C)CC1CCC(N2C(=O)N(C)Cc3cnc4ccc(-c5cc(Cl)c(O)c(Cl)c5)cc4c32)CC1. The third kappa shape index (κ3) is 4.55. The highest BCUT2D eigenvalue weighted by molar-refractivity contribution is 6.37. The molecule has 0 atom stereocenters. The lowest BCUT2D eigenvalue weighted by molar-refractivity contribution is 0.198. The summed E-state index contributed by atoms with van der Waals surface area (Å²) in [6.45, 7) is 1.62. The Bertz CT molecular complexity index is 1260. The molecular formula is C27H30Cl2N4O2. The fourth-order valence-corrected chi connectivity index (χ4v) is 6.06. The number of anilines is 1. The van der Waals surface area contributed by atoms with Gasteiger partial charge in [0, 0.05) is 36.8 Å². The highest BCUT2D eigenvalue weighted by atomic mass is 35.5. The summed E-state index contributed by atoms with van der Waals surface area (Å²) < 4.78 is 0. The van der Waals surface area contributed by atoms with Crippen molar-refractivity contribution >= 4 is 45.8 Å². The van der Waals surface area contributed by atoms with Crippen LogP contribution in [0.3, 0.4) is 0 Å². The first kappa shape index (κ1) is 24.2. The Hall–Kier alpha value is -2.54. The Morgan fingerprint density at radius 3 is 2.40 bits per heavy atom. The van der Waals surface area contributed by atoms with E-state index in [1.165, 1.54) is 0 Å². The van der Waals surface area contributed by atoms with E-state index in [4.69, 9.17) is 28.2 Å². The number of aromatic nitrogens is 1. The lowest BCUT2D eigenvalue weighted by atomic mass is 9.84. The summed E-state index contributed by atoms with van der Waals surface area (Å²) in [7, 11) is 6.10. The van der Waals surface area contributed by atoms with E-state index in [0.717, 1.165) is 65.5 Å². The fourth-order valence-electron chi connectivity index (χ4n) is 5.58. The number of carbonyl (C=O) groups is 1. The van der Waals surface area contributed by atoms with Gasteiger partial charge in [-0.25, -0.2) is 4.79 Å². The fraction of sp³-hybridized carbons (Fsp3) is 0.407. The van der Waals surface area contributed by atoms with Crippen molar-refractivity contribution in [2.24, 2.45) is 5.92 Å². The molecule has 2 amide bonds. The second-order valence-corrected chi connectivity index (χ2v) is 10.9. The molecule has 2 aromatic carbocycles. The molecule has 1 N–H and O–H groups in total. The van der Waals surface area contributed by atoms with Crippen LogP contribution in [0.15, 0.2) is 36.5 Å². The van der Waals surface area contributed by atoms with Gasteiger partial charge in [0.25, 0.3) is 0 Å². The number of hydrogen-bond acceptors (Lipinski definition) is 4. The van der Waals surface area contributed by atoms with E-state index in [1.807, 2.05) is 30.3 Å². The van der Waals surface area contributed by atoms with E-state index >= 15 is 0 Å². The monoisotopic (exact) mass is 512 g/mol. The predicted octanol–water partition coefficient (Wildman–Crippen LogP) is 6.41. The molecule has 6 nitrogen and oxygen atoms in total. The molecule has 1 aromatic heterocycles. The molecular weight excluding hydrogens is 483 g/mol. The third-order valence-electron chi connectivity index (χ3n) is 7.25. The van der Waals surface area contributed by atoms with Crippen molar-refractivity contribution in [2.45, 2.75) is 38.3 Å². The van der Waals surface area contributed by atoms with E-state index in [1.54, 1.807) is 17.0 Å². The molecule has 3 aromatic rings. The summed E-state index contributed by atoms with van der Waals surface area (Å²) in [6.07, 6.45) is 6.11. The number of carbonyl (C=O) groups excluding carboxylic acids is 1. The number of urea groups is 1.